The van der Waals surface area contributed by atoms with Crippen molar-refractivity contribution < 1.29 is 27.1 Å². The van der Waals surface area contributed by atoms with Crippen LogP contribution in [0.5, 0.6) is 5.75 Å². The van der Waals surface area contributed by atoms with E-state index in [0.717, 1.165) is 47.5 Å². The molecule has 1 fully saturated rings. The average Bonchev–Trinajstić information content (AvgIpc) is 3.10. The second-order valence-corrected chi connectivity index (χ2v) is 14.1. The van der Waals surface area contributed by atoms with Crippen LogP contribution in [-0.2, 0) is 32.6 Å². The number of anilines is 1. The number of hydrogen-bond acceptors (Lipinski definition) is 5. The molecule has 0 saturated heterocycles. The van der Waals surface area contributed by atoms with E-state index in [-0.39, 0.29) is 35.5 Å². The van der Waals surface area contributed by atoms with E-state index in [9.17, 15) is 22.4 Å². The second-order valence-electron chi connectivity index (χ2n) is 12.2. The maximum Gasteiger partial charge on any atom is 0.264 e. The maximum atomic E-state index is 14.6. The van der Waals surface area contributed by atoms with Gasteiger partial charge >= 0.3 is 0 Å². The lowest BCUT2D eigenvalue weighted by molar-refractivity contribution is -0.140. The third-order valence-electron chi connectivity index (χ3n) is 8.72. The quantitative estimate of drug-likeness (QED) is 0.177. The zero-order valence-electron chi connectivity index (χ0n) is 27.3. The molecule has 0 radical (unpaired) electrons. The summed E-state index contributed by atoms with van der Waals surface area (Å²) in [4.78, 5) is 30.3. The van der Waals surface area contributed by atoms with Crippen LogP contribution < -0.4 is 14.4 Å². The predicted octanol–water partition coefficient (Wildman–Crippen LogP) is 6.43. The van der Waals surface area contributed by atoms with Gasteiger partial charge in [-0.25, -0.2) is 12.8 Å². The Labute approximate surface area is 282 Å². The molecule has 1 aliphatic carbocycles. The Balaban J connectivity index is 1.57. The van der Waals surface area contributed by atoms with Gasteiger partial charge in [0.05, 0.1) is 17.7 Å². The van der Waals surface area contributed by atoms with Crippen LogP contribution in [0.15, 0.2) is 108 Å². The first-order chi connectivity index (χ1) is 23.1. The Morgan fingerprint density at radius 1 is 0.875 bits per heavy atom. The predicted molar refractivity (Wildman–Crippen MR) is 185 cm³/mol. The maximum absolute atomic E-state index is 14.6. The second kappa shape index (κ2) is 15.9. The van der Waals surface area contributed by atoms with E-state index >= 15 is 0 Å². The number of amides is 2. The molecule has 48 heavy (non-hydrogen) atoms. The highest BCUT2D eigenvalue weighted by atomic mass is 32.2. The fraction of sp³-hybridized carbons (Fsp3) is 0.316. The SMILES string of the molecule is COc1cccc(N(CC(=O)N(Cc2ccc(F)cc2)C(Cc2ccccc2)C(=O)NC2CCCCC2)S(=O)(=O)c2ccc(C)cc2)c1. The minimum absolute atomic E-state index is 0.0116. The van der Waals surface area contributed by atoms with Gasteiger partial charge in [-0.1, -0.05) is 85.5 Å². The highest BCUT2D eigenvalue weighted by molar-refractivity contribution is 7.92. The molecule has 0 heterocycles. The topological polar surface area (TPSA) is 96.0 Å². The standard InChI is InChI=1S/C38H42FN3O5S/c1-28-16-22-35(23-17-28)48(45,46)42(33-14-9-15-34(25-33)47-2)27-37(43)41(26-30-18-20-31(39)21-19-30)36(24-29-10-5-3-6-11-29)38(44)40-32-12-7-4-8-13-32/h3,5-6,9-11,14-23,25,32,36H,4,7-8,12-13,24,26-27H2,1-2H3,(H,40,44). The largest absolute Gasteiger partial charge is 0.497 e. The molecule has 2 amide bonds. The van der Waals surface area contributed by atoms with Gasteiger partial charge < -0.3 is 15.0 Å². The Bertz CT molecular complexity index is 1780. The van der Waals surface area contributed by atoms with Crippen LogP contribution in [0.3, 0.4) is 0 Å². The van der Waals surface area contributed by atoms with E-state index in [1.54, 1.807) is 48.5 Å². The minimum atomic E-state index is -4.25. The Morgan fingerprint density at radius 3 is 2.23 bits per heavy atom. The van der Waals surface area contributed by atoms with Crippen molar-refractivity contribution in [2.45, 2.75) is 69.0 Å². The van der Waals surface area contributed by atoms with Crippen LogP contribution in [0.4, 0.5) is 10.1 Å². The molecule has 1 saturated carbocycles. The molecule has 4 aromatic carbocycles. The van der Waals surface area contributed by atoms with E-state index in [2.05, 4.69) is 5.32 Å². The summed E-state index contributed by atoms with van der Waals surface area (Å²) in [5.74, 6) is -0.907. The zero-order valence-corrected chi connectivity index (χ0v) is 28.2. The van der Waals surface area contributed by atoms with Gasteiger partial charge in [0.15, 0.2) is 0 Å². The van der Waals surface area contributed by atoms with Crippen LogP contribution in [0.25, 0.3) is 0 Å². The molecule has 1 aliphatic rings. The normalized spacial score (nSPS) is 14.1. The van der Waals surface area contributed by atoms with Crippen LogP contribution >= 0.6 is 0 Å². The van der Waals surface area contributed by atoms with Crippen molar-refractivity contribution in [3.05, 3.63) is 126 Å². The van der Waals surface area contributed by atoms with Gasteiger partial charge in [0.2, 0.25) is 11.8 Å². The van der Waals surface area contributed by atoms with Gasteiger partial charge in [0.25, 0.3) is 10.0 Å². The molecular weight excluding hydrogens is 629 g/mol. The van der Waals surface area contributed by atoms with Crippen molar-refractivity contribution in [3.8, 4) is 5.75 Å². The van der Waals surface area contributed by atoms with E-state index in [0.29, 0.717) is 11.3 Å². The lowest BCUT2D eigenvalue weighted by atomic mass is 9.94. The van der Waals surface area contributed by atoms with Crippen LogP contribution in [0.2, 0.25) is 0 Å². The highest BCUT2D eigenvalue weighted by Gasteiger charge is 2.35. The summed E-state index contributed by atoms with van der Waals surface area (Å²) in [6, 6.07) is 27.1. The van der Waals surface area contributed by atoms with Crippen LogP contribution in [-0.4, -0.2) is 50.9 Å². The van der Waals surface area contributed by atoms with Crippen molar-refractivity contribution in [2.24, 2.45) is 0 Å². The molecule has 5 rings (SSSR count). The number of methoxy groups -OCH3 is 1. The van der Waals surface area contributed by atoms with Gasteiger partial charge in [-0.2, -0.15) is 0 Å². The van der Waals surface area contributed by atoms with E-state index in [4.69, 9.17) is 4.74 Å². The van der Waals surface area contributed by atoms with Crippen molar-refractivity contribution >= 4 is 27.5 Å². The molecule has 1 N–H and O–H groups in total. The number of aryl methyl sites for hydroxylation is 1. The average molecular weight is 672 g/mol. The number of rotatable bonds is 13. The van der Waals surface area contributed by atoms with Crippen molar-refractivity contribution in [3.63, 3.8) is 0 Å². The first-order valence-corrected chi connectivity index (χ1v) is 17.7. The lowest BCUT2D eigenvalue weighted by Gasteiger charge is -2.35. The van der Waals surface area contributed by atoms with E-state index < -0.39 is 34.3 Å². The molecule has 0 spiro atoms. The number of ether oxygens (including phenoxy) is 1. The molecule has 8 nitrogen and oxygen atoms in total. The smallest absolute Gasteiger partial charge is 0.264 e. The number of sulfonamides is 1. The third kappa shape index (κ3) is 8.80. The Morgan fingerprint density at radius 2 is 1.56 bits per heavy atom. The molecule has 4 aromatic rings. The molecule has 0 bridgehead atoms. The van der Waals surface area contributed by atoms with Crippen LogP contribution in [0, 0.1) is 12.7 Å². The molecule has 0 aliphatic heterocycles. The lowest BCUT2D eigenvalue weighted by Crippen LogP contribution is -2.55. The van der Waals surface area contributed by atoms with Crippen LogP contribution in [0.1, 0.15) is 48.8 Å². The summed E-state index contributed by atoms with van der Waals surface area (Å²) >= 11 is 0. The fourth-order valence-corrected chi connectivity index (χ4v) is 7.42. The fourth-order valence-electron chi connectivity index (χ4n) is 6.02. The third-order valence-corrected chi connectivity index (χ3v) is 10.5. The van der Waals surface area contributed by atoms with Gasteiger partial charge in [-0.15, -0.1) is 0 Å². The Kier molecular flexibility index (Phi) is 11.5. The molecule has 252 valence electrons. The molecule has 10 heteroatoms. The van der Waals surface area contributed by atoms with E-state index in [1.165, 1.54) is 36.3 Å². The number of nitrogens with one attached hydrogen (secondary N) is 1. The van der Waals surface area contributed by atoms with Gasteiger partial charge in [0.1, 0.15) is 24.2 Å². The Hall–Kier alpha value is -4.70. The zero-order chi connectivity index (χ0) is 34.1. The minimum Gasteiger partial charge on any atom is -0.497 e. The highest BCUT2D eigenvalue weighted by Crippen LogP contribution is 2.28. The first kappa shape index (κ1) is 34.6. The molecule has 1 unspecified atom stereocenters. The molecule has 1 atom stereocenters. The van der Waals surface area contributed by atoms with E-state index in [1.807, 2.05) is 37.3 Å². The number of carbonyl (C=O) groups is 2. The van der Waals surface area contributed by atoms with Crippen molar-refractivity contribution in [1.29, 1.82) is 0 Å². The number of hydrogen-bond donors (Lipinski definition) is 1. The summed E-state index contributed by atoms with van der Waals surface area (Å²) < 4.78 is 48.9. The first-order valence-electron chi connectivity index (χ1n) is 16.3. The molecule has 0 aromatic heterocycles. The number of nitrogens with zero attached hydrogens (tertiary/aromatic N) is 2. The van der Waals surface area contributed by atoms with Crippen molar-refractivity contribution in [1.82, 2.24) is 10.2 Å². The molecular formula is C38H42FN3O5S. The number of benzene rings is 4. The van der Waals surface area contributed by atoms with Crippen molar-refractivity contribution in [2.75, 3.05) is 18.0 Å². The van der Waals surface area contributed by atoms with Gasteiger partial charge in [0, 0.05) is 25.1 Å². The summed E-state index contributed by atoms with van der Waals surface area (Å²) in [6.07, 6.45) is 5.06. The summed E-state index contributed by atoms with van der Waals surface area (Å²) in [7, 11) is -2.77. The van der Waals surface area contributed by atoms with Gasteiger partial charge in [-0.05, 0) is 67.3 Å². The number of carbonyl (C=O) groups excluding carboxylic acids is 2. The summed E-state index contributed by atoms with van der Waals surface area (Å²) in [5, 5.41) is 3.19. The number of halogens is 1. The van der Waals surface area contributed by atoms with Gasteiger partial charge in [-0.3, -0.25) is 13.9 Å². The summed E-state index contributed by atoms with van der Waals surface area (Å²) in [6.45, 7) is 1.23. The summed E-state index contributed by atoms with van der Waals surface area (Å²) in [5.41, 5.74) is 2.56. The monoisotopic (exact) mass is 671 g/mol.